The van der Waals surface area contributed by atoms with Crippen LogP contribution in [0.3, 0.4) is 0 Å². The van der Waals surface area contributed by atoms with Gasteiger partial charge in [-0.1, -0.05) is 29.8 Å². The Bertz CT molecular complexity index is 206. The van der Waals surface area contributed by atoms with E-state index in [-0.39, 0.29) is 0 Å². The smallest absolute Gasteiger partial charge is 0.112 e. The highest BCUT2D eigenvalue weighted by Crippen LogP contribution is 2.05. The van der Waals surface area contributed by atoms with Gasteiger partial charge in [0.25, 0.3) is 0 Å². The van der Waals surface area contributed by atoms with Crippen LogP contribution < -0.4 is 0 Å². The van der Waals surface area contributed by atoms with E-state index >= 15 is 0 Å². The van der Waals surface area contributed by atoms with Crippen molar-refractivity contribution in [2.45, 2.75) is 6.92 Å². The molecular formula is C9H11O. The fourth-order valence-corrected chi connectivity index (χ4v) is 0.880. The SMILES string of the molecule is CO[CH]c1cccc(C)c1. The molecule has 0 atom stereocenters. The fourth-order valence-electron chi connectivity index (χ4n) is 0.880. The first kappa shape index (κ1) is 7.29. The summed E-state index contributed by atoms with van der Waals surface area (Å²) >= 11 is 0. The molecule has 1 heteroatoms. The Kier molecular flexibility index (Phi) is 2.46. The topological polar surface area (TPSA) is 9.23 Å². The predicted molar refractivity (Wildman–Crippen MR) is 41.6 cm³/mol. The molecule has 0 fully saturated rings. The van der Waals surface area contributed by atoms with Crippen LogP contribution in [-0.4, -0.2) is 7.11 Å². The van der Waals surface area contributed by atoms with E-state index in [1.165, 1.54) is 5.56 Å². The third kappa shape index (κ3) is 1.85. The van der Waals surface area contributed by atoms with Gasteiger partial charge in [0.2, 0.25) is 0 Å². The van der Waals surface area contributed by atoms with E-state index in [4.69, 9.17) is 4.74 Å². The predicted octanol–water partition coefficient (Wildman–Crippen LogP) is 2.15. The van der Waals surface area contributed by atoms with Crippen molar-refractivity contribution in [3.63, 3.8) is 0 Å². The van der Waals surface area contributed by atoms with Crippen molar-refractivity contribution in [1.29, 1.82) is 0 Å². The van der Waals surface area contributed by atoms with Crippen LogP contribution in [0.2, 0.25) is 0 Å². The molecule has 0 heterocycles. The van der Waals surface area contributed by atoms with E-state index < -0.39 is 0 Å². The van der Waals surface area contributed by atoms with Gasteiger partial charge in [-0.15, -0.1) is 0 Å². The van der Waals surface area contributed by atoms with Gasteiger partial charge in [0.05, 0.1) is 0 Å². The molecule has 1 aromatic rings. The van der Waals surface area contributed by atoms with E-state index in [1.54, 1.807) is 13.7 Å². The second-order valence-electron chi connectivity index (χ2n) is 2.27. The minimum absolute atomic E-state index is 1.11. The molecule has 0 aliphatic rings. The van der Waals surface area contributed by atoms with Crippen molar-refractivity contribution >= 4 is 0 Å². The number of hydrogen-bond donors (Lipinski definition) is 0. The summed E-state index contributed by atoms with van der Waals surface area (Å²) in [4.78, 5) is 0. The number of benzene rings is 1. The minimum Gasteiger partial charge on any atom is -0.374 e. The van der Waals surface area contributed by atoms with E-state index in [0.717, 1.165) is 5.56 Å². The summed E-state index contributed by atoms with van der Waals surface area (Å²) in [5, 5.41) is 0. The van der Waals surface area contributed by atoms with Gasteiger partial charge in [-0.05, 0) is 12.5 Å². The van der Waals surface area contributed by atoms with Gasteiger partial charge < -0.3 is 4.74 Å². The molecule has 0 aliphatic heterocycles. The van der Waals surface area contributed by atoms with Crippen LogP contribution in [0.1, 0.15) is 11.1 Å². The average Bonchev–Trinajstić information content (AvgIpc) is 1.88. The molecule has 53 valence electrons. The van der Waals surface area contributed by atoms with Crippen molar-refractivity contribution in [2.75, 3.05) is 7.11 Å². The maximum atomic E-state index is 4.86. The second-order valence-corrected chi connectivity index (χ2v) is 2.27. The van der Waals surface area contributed by atoms with Crippen LogP contribution in [0.25, 0.3) is 0 Å². The van der Waals surface area contributed by atoms with Crippen molar-refractivity contribution in [1.82, 2.24) is 0 Å². The van der Waals surface area contributed by atoms with Crippen molar-refractivity contribution in [3.8, 4) is 0 Å². The molecule has 0 N–H and O–H groups in total. The minimum atomic E-state index is 1.11. The van der Waals surface area contributed by atoms with E-state index in [1.807, 2.05) is 12.1 Å². The van der Waals surface area contributed by atoms with E-state index in [0.29, 0.717) is 0 Å². The highest BCUT2D eigenvalue weighted by atomic mass is 16.5. The largest absolute Gasteiger partial charge is 0.374 e. The Morgan fingerprint density at radius 2 is 2.20 bits per heavy atom. The van der Waals surface area contributed by atoms with Crippen LogP contribution >= 0.6 is 0 Å². The number of rotatable bonds is 2. The summed E-state index contributed by atoms with van der Waals surface area (Å²) in [5.74, 6) is 0. The van der Waals surface area contributed by atoms with Crippen LogP contribution in [0.5, 0.6) is 0 Å². The maximum absolute atomic E-state index is 4.86. The van der Waals surface area contributed by atoms with Gasteiger partial charge in [0, 0.05) is 7.11 Å². The Balaban J connectivity index is 2.75. The molecule has 1 radical (unpaired) electrons. The summed E-state index contributed by atoms with van der Waals surface area (Å²) in [5.41, 5.74) is 2.37. The molecule has 0 bridgehead atoms. The Hall–Kier alpha value is -0.820. The Labute approximate surface area is 61.6 Å². The summed E-state index contributed by atoms with van der Waals surface area (Å²) in [6.45, 7) is 3.79. The van der Waals surface area contributed by atoms with Gasteiger partial charge in [-0.3, -0.25) is 0 Å². The van der Waals surface area contributed by atoms with Crippen molar-refractivity contribution < 1.29 is 4.74 Å². The second kappa shape index (κ2) is 3.37. The number of ether oxygens (including phenoxy) is 1. The Morgan fingerprint density at radius 3 is 2.80 bits per heavy atom. The lowest BCUT2D eigenvalue weighted by molar-refractivity contribution is 0.292. The van der Waals surface area contributed by atoms with Crippen LogP contribution in [0, 0.1) is 13.5 Å². The molecular weight excluding hydrogens is 124 g/mol. The zero-order valence-corrected chi connectivity index (χ0v) is 6.29. The monoisotopic (exact) mass is 135 g/mol. The number of methoxy groups -OCH3 is 1. The van der Waals surface area contributed by atoms with Crippen molar-refractivity contribution in [3.05, 3.63) is 42.0 Å². The first-order valence-corrected chi connectivity index (χ1v) is 3.25. The zero-order valence-electron chi connectivity index (χ0n) is 6.29. The highest BCUT2D eigenvalue weighted by molar-refractivity contribution is 5.25. The lowest BCUT2D eigenvalue weighted by atomic mass is 10.1. The summed E-state index contributed by atoms with van der Waals surface area (Å²) in [7, 11) is 1.66. The fraction of sp³-hybridized carbons (Fsp3) is 0.222. The van der Waals surface area contributed by atoms with Gasteiger partial charge in [0.15, 0.2) is 0 Å². The Morgan fingerprint density at radius 1 is 1.40 bits per heavy atom. The normalized spacial score (nSPS) is 9.80. The molecule has 0 aromatic heterocycles. The summed E-state index contributed by atoms with van der Waals surface area (Å²) in [6.07, 6.45) is 0. The highest BCUT2D eigenvalue weighted by Gasteiger charge is 1.90. The van der Waals surface area contributed by atoms with Crippen LogP contribution in [0.15, 0.2) is 24.3 Å². The molecule has 0 spiro atoms. The van der Waals surface area contributed by atoms with Crippen molar-refractivity contribution in [2.24, 2.45) is 0 Å². The molecule has 0 saturated heterocycles. The van der Waals surface area contributed by atoms with Gasteiger partial charge in [-0.2, -0.15) is 0 Å². The number of hydrogen-bond acceptors (Lipinski definition) is 1. The summed E-state index contributed by atoms with van der Waals surface area (Å²) in [6, 6.07) is 8.16. The lowest BCUT2D eigenvalue weighted by Crippen LogP contribution is -1.83. The standard InChI is InChI=1S/C9H11O/c1-8-4-3-5-9(6-8)7-10-2/h3-7H,1-2H3. The molecule has 0 amide bonds. The van der Waals surface area contributed by atoms with Gasteiger partial charge >= 0.3 is 0 Å². The van der Waals surface area contributed by atoms with Gasteiger partial charge in [-0.25, -0.2) is 0 Å². The molecule has 0 unspecified atom stereocenters. The molecule has 10 heavy (non-hydrogen) atoms. The van der Waals surface area contributed by atoms with Gasteiger partial charge in [0.1, 0.15) is 6.61 Å². The maximum Gasteiger partial charge on any atom is 0.112 e. The van der Waals surface area contributed by atoms with Crippen LogP contribution in [0.4, 0.5) is 0 Å². The summed E-state index contributed by atoms with van der Waals surface area (Å²) < 4.78 is 4.86. The zero-order chi connectivity index (χ0) is 7.40. The molecule has 1 rings (SSSR count). The quantitative estimate of drug-likeness (QED) is 0.603. The van der Waals surface area contributed by atoms with E-state index in [9.17, 15) is 0 Å². The van der Waals surface area contributed by atoms with E-state index in [2.05, 4.69) is 19.1 Å². The lowest BCUT2D eigenvalue weighted by Gasteiger charge is -1.98. The van der Waals surface area contributed by atoms with Crippen LogP contribution in [-0.2, 0) is 4.74 Å². The molecule has 1 nitrogen and oxygen atoms in total. The first-order chi connectivity index (χ1) is 4.83. The molecule has 0 aliphatic carbocycles. The third-order valence-electron chi connectivity index (χ3n) is 1.30. The first-order valence-electron chi connectivity index (χ1n) is 3.25. The number of aryl methyl sites for hydroxylation is 1. The molecule has 0 saturated carbocycles. The average molecular weight is 135 g/mol. The third-order valence-corrected chi connectivity index (χ3v) is 1.30. The molecule has 1 aromatic carbocycles.